The average molecular weight is 242 g/mol. The third-order valence-corrected chi connectivity index (χ3v) is 2.79. The molecule has 0 aliphatic heterocycles. The van der Waals surface area contributed by atoms with Crippen LogP contribution in [0.3, 0.4) is 0 Å². The van der Waals surface area contributed by atoms with E-state index in [2.05, 4.69) is 39.3 Å². The Labute approximate surface area is 104 Å². The lowest BCUT2D eigenvalue weighted by atomic mass is 10.1. The van der Waals surface area contributed by atoms with Crippen molar-refractivity contribution in [3.8, 4) is 0 Å². The largest absolute Gasteiger partial charge is 0.310 e. The Bertz CT molecular complexity index is 652. The van der Waals surface area contributed by atoms with Gasteiger partial charge in [-0.15, -0.1) is 0 Å². The van der Waals surface area contributed by atoms with E-state index in [1.807, 2.05) is 16.5 Å². The van der Waals surface area contributed by atoms with Crippen LogP contribution in [-0.2, 0) is 0 Å². The second kappa shape index (κ2) is 4.14. The summed E-state index contributed by atoms with van der Waals surface area (Å²) in [6, 6.07) is 3.82. The van der Waals surface area contributed by atoms with Crippen LogP contribution in [0.25, 0.3) is 5.52 Å². The van der Waals surface area contributed by atoms with E-state index in [0.29, 0.717) is 5.92 Å². The van der Waals surface area contributed by atoms with Gasteiger partial charge in [0.25, 0.3) is 0 Å². The van der Waals surface area contributed by atoms with E-state index in [0.717, 1.165) is 23.0 Å². The molecule has 18 heavy (non-hydrogen) atoms. The summed E-state index contributed by atoms with van der Waals surface area (Å²) in [5.41, 5.74) is 2.15. The van der Waals surface area contributed by atoms with Gasteiger partial charge in [0.15, 0.2) is 0 Å². The van der Waals surface area contributed by atoms with Crippen molar-refractivity contribution in [3.63, 3.8) is 0 Å². The smallest absolute Gasteiger partial charge is 0.214 e. The summed E-state index contributed by atoms with van der Waals surface area (Å²) >= 11 is 0. The van der Waals surface area contributed by atoms with Crippen molar-refractivity contribution < 1.29 is 0 Å². The van der Waals surface area contributed by atoms with Crippen LogP contribution in [0.2, 0.25) is 0 Å². The molecule has 6 nitrogen and oxygen atoms in total. The van der Waals surface area contributed by atoms with E-state index in [4.69, 9.17) is 0 Å². The van der Waals surface area contributed by atoms with E-state index in [9.17, 15) is 0 Å². The molecular weight excluding hydrogens is 228 g/mol. The highest BCUT2D eigenvalue weighted by atomic mass is 15.2. The van der Waals surface area contributed by atoms with Gasteiger partial charge in [-0.2, -0.15) is 5.10 Å². The Balaban J connectivity index is 2.08. The zero-order chi connectivity index (χ0) is 12.5. The van der Waals surface area contributed by atoms with Gasteiger partial charge in [-0.25, -0.2) is 9.97 Å². The minimum Gasteiger partial charge on any atom is -0.310 e. The number of imidazole rings is 1. The van der Waals surface area contributed by atoms with Crippen molar-refractivity contribution in [2.24, 2.45) is 0 Å². The highest BCUT2D eigenvalue weighted by Gasteiger charge is 2.11. The van der Waals surface area contributed by atoms with E-state index >= 15 is 0 Å². The number of nitrogens with one attached hydrogen (secondary N) is 2. The monoisotopic (exact) mass is 242 g/mol. The van der Waals surface area contributed by atoms with Gasteiger partial charge < -0.3 is 5.32 Å². The Morgan fingerprint density at radius 2 is 2.11 bits per heavy atom. The number of aromatic amines is 1. The molecule has 3 heterocycles. The summed E-state index contributed by atoms with van der Waals surface area (Å²) in [6.45, 7) is 4.26. The van der Waals surface area contributed by atoms with Crippen LogP contribution in [0.15, 0.2) is 30.9 Å². The predicted octanol–water partition coefficient (Wildman–Crippen LogP) is 2.32. The van der Waals surface area contributed by atoms with Gasteiger partial charge in [-0.05, 0) is 12.0 Å². The molecular formula is C12H14N6. The van der Waals surface area contributed by atoms with E-state index in [-0.39, 0.29) is 0 Å². The Hall–Kier alpha value is -2.37. The summed E-state index contributed by atoms with van der Waals surface area (Å²) < 4.78 is 1.94. The zero-order valence-electron chi connectivity index (χ0n) is 10.3. The van der Waals surface area contributed by atoms with Gasteiger partial charge in [0, 0.05) is 12.3 Å². The van der Waals surface area contributed by atoms with Crippen molar-refractivity contribution in [1.29, 1.82) is 0 Å². The van der Waals surface area contributed by atoms with Gasteiger partial charge in [0.2, 0.25) is 5.95 Å². The molecule has 6 heteroatoms. The third kappa shape index (κ3) is 1.71. The van der Waals surface area contributed by atoms with Crippen LogP contribution < -0.4 is 5.32 Å². The van der Waals surface area contributed by atoms with Gasteiger partial charge in [0.1, 0.15) is 12.1 Å². The van der Waals surface area contributed by atoms with Crippen molar-refractivity contribution in [2.45, 2.75) is 19.8 Å². The summed E-state index contributed by atoms with van der Waals surface area (Å²) in [7, 11) is 0. The van der Waals surface area contributed by atoms with E-state index in [1.165, 1.54) is 0 Å². The second-order valence-electron chi connectivity index (χ2n) is 4.40. The number of rotatable bonds is 3. The van der Waals surface area contributed by atoms with Crippen LogP contribution in [0, 0.1) is 0 Å². The van der Waals surface area contributed by atoms with Gasteiger partial charge >= 0.3 is 0 Å². The van der Waals surface area contributed by atoms with Crippen LogP contribution in [0.5, 0.6) is 0 Å². The quantitative estimate of drug-likeness (QED) is 0.739. The standard InChI is InChI=1S/C12H14N6/c1-8(2)11-9-3-5-13-12(18(9)7-14-11)16-10-4-6-15-17-10/h3-8H,1-2H3,(H2,13,15,16,17). The fourth-order valence-corrected chi connectivity index (χ4v) is 1.93. The number of H-pyrrole nitrogens is 1. The zero-order valence-corrected chi connectivity index (χ0v) is 10.3. The highest BCUT2D eigenvalue weighted by Crippen LogP contribution is 2.21. The first kappa shape index (κ1) is 10.8. The van der Waals surface area contributed by atoms with Crippen molar-refractivity contribution in [1.82, 2.24) is 24.6 Å². The van der Waals surface area contributed by atoms with E-state index < -0.39 is 0 Å². The maximum absolute atomic E-state index is 4.44. The first-order valence-corrected chi connectivity index (χ1v) is 5.84. The summed E-state index contributed by atoms with van der Waals surface area (Å²) in [6.07, 6.45) is 5.26. The number of anilines is 2. The fraction of sp³-hybridized carbons (Fsp3) is 0.250. The minimum atomic E-state index is 0.386. The van der Waals surface area contributed by atoms with Gasteiger partial charge in [-0.3, -0.25) is 9.50 Å². The molecule has 3 rings (SSSR count). The lowest BCUT2D eigenvalue weighted by molar-refractivity contribution is 0.841. The maximum Gasteiger partial charge on any atom is 0.214 e. The summed E-state index contributed by atoms with van der Waals surface area (Å²) in [5, 5.41) is 9.91. The molecule has 0 radical (unpaired) electrons. The number of aromatic nitrogens is 5. The van der Waals surface area contributed by atoms with Crippen molar-refractivity contribution in [3.05, 3.63) is 36.5 Å². The summed E-state index contributed by atoms with van der Waals surface area (Å²) in [5.74, 6) is 1.91. The molecule has 0 aliphatic rings. The average Bonchev–Trinajstić information content (AvgIpc) is 2.97. The Morgan fingerprint density at radius 3 is 2.83 bits per heavy atom. The lowest BCUT2D eigenvalue weighted by Crippen LogP contribution is -2.01. The molecule has 0 saturated heterocycles. The number of nitrogens with zero attached hydrogens (tertiary/aromatic N) is 4. The molecule has 0 bridgehead atoms. The molecule has 3 aromatic rings. The second-order valence-corrected chi connectivity index (χ2v) is 4.40. The van der Waals surface area contributed by atoms with Crippen molar-refractivity contribution in [2.75, 3.05) is 5.32 Å². The predicted molar refractivity (Wildman–Crippen MR) is 68.9 cm³/mol. The molecule has 0 unspecified atom stereocenters. The Morgan fingerprint density at radius 1 is 1.22 bits per heavy atom. The number of fused-ring (bicyclic) bond motifs is 1. The number of hydrogen-bond acceptors (Lipinski definition) is 4. The molecule has 3 aromatic heterocycles. The molecule has 2 N–H and O–H groups in total. The van der Waals surface area contributed by atoms with E-state index in [1.54, 1.807) is 18.7 Å². The van der Waals surface area contributed by atoms with Crippen LogP contribution in [-0.4, -0.2) is 24.6 Å². The third-order valence-electron chi connectivity index (χ3n) is 2.79. The molecule has 0 spiro atoms. The maximum atomic E-state index is 4.44. The molecule has 0 aromatic carbocycles. The molecule has 0 aliphatic carbocycles. The topological polar surface area (TPSA) is 70.9 Å². The SMILES string of the molecule is CC(C)c1ncn2c(Nc3ccn[nH]3)nccc12. The lowest BCUT2D eigenvalue weighted by Gasteiger charge is -2.06. The molecule has 92 valence electrons. The molecule has 0 fully saturated rings. The minimum absolute atomic E-state index is 0.386. The fourth-order valence-electron chi connectivity index (χ4n) is 1.93. The Kier molecular flexibility index (Phi) is 2.47. The molecule has 0 saturated carbocycles. The first-order valence-electron chi connectivity index (χ1n) is 5.84. The first-order chi connectivity index (χ1) is 8.75. The van der Waals surface area contributed by atoms with Crippen LogP contribution in [0.4, 0.5) is 11.8 Å². The van der Waals surface area contributed by atoms with Gasteiger partial charge in [-0.1, -0.05) is 13.8 Å². The molecule has 0 amide bonds. The van der Waals surface area contributed by atoms with Crippen LogP contribution in [0.1, 0.15) is 25.5 Å². The summed E-state index contributed by atoms with van der Waals surface area (Å²) in [4.78, 5) is 8.76. The molecule has 0 atom stereocenters. The van der Waals surface area contributed by atoms with Gasteiger partial charge in [0.05, 0.1) is 17.4 Å². The highest BCUT2D eigenvalue weighted by molar-refractivity contribution is 5.59. The van der Waals surface area contributed by atoms with Crippen LogP contribution >= 0.6 is 0 Å². The number of hydrogen-bond donors (Lipinski definition) is 2. The van der Waals surface area contributed by atoms with Crippen molar-refractivity contribution >= 4 is 17.3 Å². The normalized spacial score (nSPS) is 11.3.